The first-order valence-corrected chi connectivity index (χ1v) is 11.1. The first-order valence-electron chi connectivity index (χ1n) is 11.1. The van der Waals surface area contributed by atoms with Crippen LogP contribution in [-0.2, 0) is 9.59 Å². The monoisotopic (exact) mass is 451 g/mol. The van der Waals surface area contributed by atoms with Gasteiger partial charge in [0, 0.05) is 50.0 Å². The van der Waals surface area contributed by atoms with Gasteiger partial charge in [-0.05, 0) is 38.0 Å². The number of aliphatic hydroxyl groups is 1. The van der Waals surface area contributed by atoms with Crippen molar-refractivity contribution in [1.82, 2.24) is 14.9 Å². The summed E-state index contributed by atoms with van der Waals surface area (Å²) in [5, 5.41) is 21.6. The van der Waals surface area contributed by atoms with E-state index in [1.54, 1.807) is 24.1 Å². The molecule has 0 radical (unpaired) electrons. The fourth-order valence-corrected chi connectivity index (χ4v) is 3.64. The highest BCUT2D eigenvalue weighted by molar-refractivity contribution is 5.77. The third-order valence-electron chi connectivity index (χ3n) is 5.71. The van der Waals surface area contributed by atoms with Crippen molar-refractivity contribution in [2.45, 2.75) is 44.8 Å². The van der Waals surface area contributed by atoms with Gasteiger partial charge in [-0.15, -0.1) is 0 Å². The van der Waals surface area contributed by atoms with E-state index in [4.69, 9.17) is 9.84 Å². The van der Waals surface area contributed by atoms with Crippen molar-refractivity contribution in [3.63, 3.8) is 0 Å². The fraction of sp³-hybridized carbons (Fsp3) is 0.458. The third-order valence-corrected chi connectivity index (χ3v) is 5.71. The molecular formula is C24H29N5O4. The summed E-state index contributed by atoms with van der Waals surface area (Å²) in [5.41, 5.74) is 1.95. The minimum Gasteiger partial charge on any atom is -0.489 e. The average Bonchev–Trinajstić information content (AvgIpc) is 3.69. The van der Waals surface area contributed by atoms with Crippen LogP contribution in [0.25, 0.3) is 11.3 Å². The number of nitrogens with one attached hydrogen (secondary N) is 1. The predicted molar refractivity (Wildman–Crippen MR) is 122 cm³/mol. The molecule has 33 heavy (non-hydrogen) atoms. The molecule has 9 nitrogen and oxygen atoms in total. The van der Waals surface area contributed by atoms with Gasteiger partial charge in [-0.25, -0.2) is 9.97 Å². The molecule has 2 unspecified atom stereocenters. The normalized spacial score (nSPS) is 19.5. The number of aliphatic hydroxyl groups excluding tert-OH is 1. The van der Waals surface area contributed by atoms with Crippen molar-refractivity contribution in [3.05, 3.63) is 36.2 Å². The van der Waals surface area contributed by atoms with Crippen LogP contribution in [0.2, 0.25) is 0 Å². The second-order valence-corrected chi connectivity index (χ2v) is 8.19. The first-order chi connectivity index (χ1) is 16.0. The third kappa shape index (κ3) is 6.49. The van der Waals surface area contributed by atoms with Crippen LogP contribution in [0.15, 0.2) is 30.6 Å². The van der Waals surface area contributed by atoms with Gasteiger partial charge in [0.05, 0.1) is 11.3 Å². The van der Waals surface area contributed by atoms with Crippen LogP contribution >= 0.6 is 0 Å². The summed E-state index contributed by atoms with van der Waals surface area (Å²) in [4.78, 5) is 31.3. The van der Waals surface area contributed by atoms with Crippen LogP contribution in [0.5, 0.6) is 5.75 Å². The van der Waals surface area contributed by atoms with Crippen molar-refractivity contribution in [2.75, 3.05) is 25.5 Å². The molecule has 2 heterocycles. The summed E-state index contributed by atoms with van der Waals surface area (Å²) in [5.74, 6) is 1.41. The van der Waals surface area contributed by atoms with E-state index in [1.807, 2.05) is 19.1 Å². The number of hydrogen-bond acceptors (Lipinski definition) is 8. The Balaban J connectivity index is 0.000000541. The van der Waals surface area contributed by atoms with E-state index in [2.05, 4.69) is 21.4 Å². The second-order valence-electron chi connectivity index (χ2n) is 8.19. The number of carbonyl (C=O) groups excluding carboxylic acids is 2. The lowest BCUT2D eigenvalue weighted by Gasteiger charge is -2.37. The summed E-state index contributed by atoms with van der Waals surface area (Å²) in [6, 6.07) is 9.38. The van der Waals surface area contributed by atoms with Crippen molar-refractivity contribution >= 4 is 18.0 Å². The van der Waals surface area contributed by atoms with Crippen molar-refractivity contribution in [2.24, 2.45) is 5.92 Å². The quantitative estimate of drug-likeness (QED) is 0.641. The Labute approximate surface area is 193 Å². The summed E-state index contributed by atoms with van der Waals surface area (Å²) in [6.45, 7) is 1.99. The number of aldehydes is 1. The van der Waals surface area contributed by atoms with E-state index in [0.717, 1.165) is 24.7 Å². The Kier molecular flexibility index (Phi) is 8.33. The van der Waals surface area contributed by atoms with Crippen LogP contribution in [0.4, 0.5) is 5.82 Å². The van der Waals surface area contributed by atoms with E-state index >= 15 is 0 Å². The molecule has 1 aliphatic heterocycles. The highest BCUT2D eigenvalue weighted by atomic mass is 16.5. The summed E-state index contributed by atoms with van der Waals surface area (Å²) >= 11 is 0. The number of anilines is 1. The van der Waals surface area contributed by atoms with E-state index in [1.165, 1.54) is 6.33 Å². The molecule has 4 rings (SSSR count). The van der Waals surface area contributed by atoms with Gasteiger partial charge < -0.3 is 24.9 Å². The van der Waals surface area contributed by atoms with Crippen molar-refractivity contribution in [1.29, 1.82) is 5.26 Å². The van der Waals surface area contributed by atoms with E-state index in [9.17, 15) is 14.9 Å². The number of rotatable bonds is 6. The van der Waals surface area contributed by atoms with Gasteiger partial charge in [-0.1, -0.05) is 0 Å². The van der Waals surface area contributed by atoms with E-state index in [0.29, 0.717) is 48.1 Å². The molecule has 2 atom stereocenters. The Bertz CT molecular complexity index is 1020. The summed E-state index contributed by atoms with van der Waals surface area (Å²) < 4.78 is 6.08. The molecule has 0 spiro atoms. The molecule has 1 aromatic heterocycles. The van der Waals surface area contributed by atoms with Gasteiger partial charge in [0.2, 0.25) is 5.91 Å². The van der Waals surface area contributed by atoms with Gasteiger partial charge in [0.1, 0.15) is 43.0 Å². The van der Waals surface area contributed by atoms with Gasteiger partial charge in [-0.3, -0.25) is 4.79 Å². The Morgan fingerprint density at radius 1 is 1.33 bits per heavy atom. The smallest absolute Gasteiger partial charge is 0.248 e. The van der Waals surface area contributed by atoms with Gasteiger partial charge in [0.25, 0.3) is 0 Å². The van der Waals surface area contributed by atoms with Crippen LogP contribution in [0.1, 0.15) is 38.2 Å². The minimum absolute atomic E-state index is 0.0239. The van der Waals surface area contributed by atoms with Crippen LogP contribution in [-0.4, -0.2) is 64.5 Å². The fourth-order valence-electron chi connectivity index (χ4n) is 3.64. The molecule has 2 N–H and O–H groups in total. The van der Waals surface area contributed by atoms with E-state index in [-0.39, 0.29) is 18.1 Å². The number of nitriles is 1. The first kappa shape index (κ1) is 24.1. The maximum absolute atomic E-state index is 11.7. The lowest BCUT2D eigenvalue weighted by Crippen LogP contribution is -2.48. The number of hydrogen-bond donors (Lipinski definition) is 2. The molecule has 0 bridgehead atoms. The number of ether oxygens (including phenoxy) is 1. The minimum atomic E-state index is -0.478. The summed E-state index contributed by atoms with van der Waals surface area (Å²) in [7, 11) is 1.78. The average molecular weight is 452 g/mol. The van der Waals surface area contributed by atoms with Gasteiger partial charge in [-0.2, -0.15) is 5.26 Å². The molecular weight excluding hydrogens is 422 g/mol. The molecule has 1 saturated heterocycles. The maximum atomic E-state index is 11.7. The standard InChI is InChI=1S/C20H23N5O3.C4H6O/c1-13-7-16(5-6-25(13)20(27)11-26)28-18-4-3-14(8-15(18)10-21)17-9-19(22-2)24-12-23-17;5-3-4-1-2-4/h3-4,8-9,12-13,16,26H,5-7,11H2,1-2H3,(H,22,23,24);3-4H,1-2H2. The maximum Gasteiger partial charge on any atom is 0.248 e. The Morgan fingerprint density at radius 2 is 2.12 bits per heavy atom. The van der Waals surface area contributed by atoms with Crippen molar-refractivity contribution in [3.8, 4) is 23.1 Å². The number of nitrogens with zero attached hydrogens (tertiary/aromatic N) is 4. The zero-order valence-electron chi connectivity index (χ0n) is 18.9. The van der Waals surface area contributed by atoms with Crippen LogP contribution in [0, 0.1) is 17.2 Å². The molecule has 174 valence electrons. The molecule has 9 heteroatoms. The Morgan fingerprint density at radius 3 is 2.70 bits per heavy atom. The predicted octanol–water partition coefficient (Wildman–Crippen LogP) is 2.40. The highest BCUT2D eigenvalue weighted by Crippen LogP contribution is 2.29. The van der Waals surface area contributed by atoms with Crippen molar-refractivity contribution < 1.29 is 19.4 Å². The second kappa shape index (κ2) is 11.4. The highest BCUT2D eigenvalue weighted by Gasteiger charge is 2.29. The lowest BCUT2D eigenvalue weighted by molar-refractivity contribution is -0.138. The van der Waals surface area contributed by atoms with Gasteiger partial charge in [0.15, 0.2) is 0 Å². The molecule has 2 aliphatic rings. The molecule has 1 saturated carbocycles. The SMILES string of the molecule is CNc1cc(-c2ccc(OC3CCN(C(=O)CO)C(C)C3)c(C#N)c2)ncn1.O=CC1CC1. The Hall–Kier alpha value is -3.51. The largest absolute Gasteiger partial charge is 0.489 e. The molecule has 1 aliphatic carbocycles. The van der Waals surface area contributed by atoms with Crippen LogP contribution in [0.3, 0.4) is 0 Å². The number of carbonyl (C=O) groups is 2. The molecule has 2 fully saturated rings. The number of aromatic nitrogens is 2. The number of benzene rings is 1. The van der Waals surface area contributed by atoms with Gasteiger partial charge >= 0.3 is 0 Å². The molecule has 1 aromatic carbocycles. The molecule has 2 aromatic rings. The summed E-state index contributed by atoms with van der Waals surface area (Å²) in [6.07, 6.45) is 5.99. The van der Waals surface area contributed by atoms with E-state index < -0.39 is 6.61 Å². The zero-order chi connectivity index (χ0) is 23.8. The number of amides is 1. The zero-order valence-corrected chi connectivity index (χ0v) is 18.9. The molecule has 1 amide bonds. The number of piperidine rings is 1. The lowest BCUT2D eigenvalue weighted by atomic mass is 10.00. The van der Waals surface area contributed by atoms with Crippen LogP contribution < -0.4 is 10.1 Å². The topological polar surface area (TPSA) is 128 Å². The number of likely N-dealkylation sites (tertiary alicyclic amines) is 1.